The van der Waals surface area contributed by atoms with Crippen LogP contribution in [-0.4, -0.2) is 5.11 Å². The van der Waals surface area contributed by atoms with Gasteiger partial charge in [-0.25, -0.2) is 4.39 Å². The van der Waals surface area contributed by atoms with Gasteiger partial charge in [0.25, 0.3) is 0 Å². The minimum atomic E-state index is -0.411. The summed E-state index contributed by atoms with van der Waals surface area (Å²) in [5, 5.41) is 8.97. The monoisotopic (exact) mass is 296 g/mol. The van der Waals surface area contributed by atoms with Crippen molar-refractivity contribution in [1.82, 2.24) is 0 Å². The van der Waals surface area contributed by atoms with E-state index < -0.39 is 5.82 Å². The molecule has 0 heterocycles. The van der Waals surface area contributed by atoms with Gasteiger partial charge in [0.05, 0.1) is 11.1 Å². The van der Waals surface area contributed by atoms with Gasteiger partial charge in [-0.1, -0.05) is 18.2 Å². The fourth-order valence-corrected chi connectivity index (χ4v) is 1.88. The van der Waals surface area contributed by atoms with Gasteiger partial charge < -0.3 is 9.84 Å². The Morgan fingerprint density at radius 1 is 1.12 bits per heavy atom. The molecule has 0 atom stereocenters. The molecule has 0 aromatic heterocycles. The third-order valence-electron chi connectivity index (χ3n) is 2.24. The number of para-hydroxylation sites is 1. The van der Waals surface area contributed by atoms with Crippen LogP contribution < -0.4 is 4.74 Å². The molecule has 0 radical (unpaired) electrons. The Kier molecular flexibility index (Phi) is 3.76. The van der Waals surface area contributed by atoms with E-state index in [0.717, 1.165) is 5.56 Å². The maximum atomic E-state index is 13.4. The molecule has 0 aliphatic rings. The molecule has 0 aliphatic carbocycles. The molecule has 2 aromatic carbocycles. The lowest BCUT2D eigenvalue weighted by molar-refractivity contribution is 0.281. The number of rotatable bonds is 3. The maximum Gasteiger partial charge on any atom is 0.165 e. The molecule has 88 valence electrons. The van der Waals surface area contributed by atoms with Crippen LogP contribution in [-0.2, 0) is 6.61 Å². The first-order valence-electron chi connectivity index (χ1n) is 5.02. The van der Waals surface area contributed by atoms with Crippen molar-refractivity contribution in [3.05, 3.63) is 58.3 Å². The van der Waals surface area contributed by atoms with Crippen LogP contribution in [0.1, 0.15) is 5.56 Å². The summed E-state index contributed by atoms with van der Waals surface area (Å²) in [6.45, 7) is -0.0431. The molecule has 0 saturated heterocycles. The minimum absolute atomic E-state index is 0.0431. The van der Waals surface area contributed by atoms with Crippen molar-refractivity contribution in [1.29, 1.82) is 0 Å². The lowest BCUT2D eigenvalue weighted by Gasteiger charge is -2.09. The van der Waals surface area contributed by atoms with Crippen LogP contribution in [0.15, 0.2) is 46.9 Å². The molecular formula is C13H10BrFO2. The third kappa shape index (κ3) is 2.84. The predicted molar refractivity (Wildman–Crippen MR) is 66.5 cm³/mol. The Labute approximate surface area is 107 Å². The third-order valence-corrected chi connectivity index (χ3v) is 2.86. The van der Waals surface area contributed by atoms with Crippen molar-refractivity contribution in [2.24, 2.45) is 0 Å². The topological polar surface area (TPSA) is 29.5 Å². The Bertz CT molecular complexity index is 529. The highest BCUT2D eigenvalue weighted by Gasteiger charge is 2.07. The van der Waals surface area contributed by atoms with E-state index in [9.17, 15) is 4.39 Å². The van der Waals surface area contributed by atoms with Crippen LogP contribution in [0.3, 0.4) is 0 Å². The summed E-state index contributed by atoms with van der Waals surface area (Å²) >= 11 is 3.31. The molecule has 2 aromatic rings. The second kappa shape index (κ2) is 5.29. The lowest BCUT2D eigenvalue weighted by atomic mass is 10.2. The first-order chi connectivity index (χ1) is 8.20. The Morgan fingerprint density at radius 3 is 2.53 bits per heavy atom. The van der Waals surface area contributed by atoms with E-state index >= 15 is 0 Å². The van der Waals surface area contributed by atoms with E-state index in [0.29, 0.717) is 10.2 Å². The van der Waals surface area contributed by atoms with E-state index in [4.69, 9.17) is 9.84 Å². The Morgan fingerprint density at radius 2 is 1.88 bits per heavy atom. The van der Waals surface area contributed by atoms with Gasteiger partial charge in [0.2, 0.25) is 0 Å². The van der Waals surface area contributed by atoms with Crippen molar-refractivity contribution < 1.29 is 14.2 Å². The molecule has 2 rings (SSSR count). The zero-order chi connectivity index (χ0) is 12.3. The first-order valence-corrected chi connectivity index (χ1v) is 5.81. The zero-order valence-electron chi connectivity index (χ0n) is 8.86. The fourth-order valence-electron chi connectivity index (χ4n) is 1.37. The normalized spacial score (nSPS) is 10.3. The number of aliphatic hydroxyl groups excluding tert-OH is 1. The van der Waals surface area contributed by atoms with Crippen molar-refractivity contribution in [3.8, 4) is 11.5 Å². The molecular weight excluding hydrogens is 287 g/mol. The summed E-state index contributed by atoms with van der Waals surface area (Å²) in [6, 6.07) is 11.3. The summed E-state index contributed by atoms with van der Waals surface area (Å²) in [7, 11) is 0. The average molecular weight is 297 g/mol. The quantitative estimate of drug-likeness (QED) is 0.931. The van der Waals surface area contributed by atoms with Crippen molar-refractivity contribution in [2.45, 2.75) is 6.61 Å². The number of hydrogen-bond acceptors (Lipinski definition) is 2. The van der Waals surface area contributed by atoms with E-state index in [-0.39, 0.29) is 12.4 Å². The van der Waals surface area contributed by atoms with Gasteiger partial charge >= 0.3 is 0 Å². The first kappa shape index (κ1) is 12.1. The van der Waals surface area contributed by atoms with Gasteiger partial charge in [0.15, 0.2) is 11.6 Å². The fraction of sp³-hybridized carbons (Fsp3) is 0.0769. The summed E-state index contributed by atoms with van der Waals surface area (Å²) in [5.41, 5.74) is 0.762. The van der Waals surface area contributed by atoms with Crippen LogP contribution >= 0.6 is 15.9 Å². The Balaban J connectivity index is 2.28. The SMILES string of the molecule is OCc1ccc(Oc2ccccc2F)c(Br)c1. The van der Waals surface area contributed by atoms with Crippen molar-refractivity contribution in [3.63, 3.8) is 0 Å². The number of hydrogen-bond donors (Lipinski definition) is 1. The van der Waals surface area contributed by atoms with E-state index in [2.05, 4.69) is 15.9 Å². The molecule has 2 nitrogen and oxygen atoms in total. The largest absolute Gasteiger partial charge is 0.453 e. The second-order valence-corrected chi connectivity index (χ2v) is 4.31. The predicted octanol–water partition coefficient (Wildman–Crippen LogP) is 3.87. The molecule has 0 aliphatic heterocycles. The number of aliphatic hydroxyl groups is 1. The van der Waals surface area contributed by atoms with Gasteiger partial charge in [0.1, 0.15) is 5.75 Å². The molecule has 0 amide bonds. The van der Waals surface area contributed by atoms with Crippen molar-refractivity contribution in [2.75, 3.05) is 0 Å². The van der Waals surface area contributed by atoms with Crippen LogP contribution in [0.4, 0.5) is 4.39 Å². The van der Waals surface area contributed by atoms with Crippen LogP contribution in [0.5, 0.6) is 11.5 Å². The molecule has 0 unspecified atom stereocenters. The van der Waals surface area contributed by atoms with E-state index in [1.54, 1.807) is 36.4 Å². The maximum absolute atomic E-state index is 13.4. The van der Waals surface area contributed by atoms with Crippen LogP contribution in [0.25, 0.3) is 0 Å². The summed E-state index contributed by atoms with van der Waals surface area (Å²) in [4.78, 5) is 0. The number of ether oxygens (including phenoxy) is 1. The van der Waals surface area contributed by atoms with Gasteiger partial charge in [0, 0.05) is 0 Å². The summed E-state index contributed by atoms with van der Waals surface area (Å²) in [6.07, 6.45) is 0. The summed E-state index contributed by atoms with van der Waals surface area (Å²) in [5.74, 6) is 0.267. The minimum Gasteiger partial charge on any atom is -0.453 e. The highest BCUT2D eigenvalue weighted by molar-refractivity contribution is 9.10. The molecule has 4 heteroatoms. The molecule has 0 spiro atoms. The smallest absolute Gasteiger partial charge is 0.165 e. The highest BCUT2D eigenvalue weighted by Crippen LogP contribution is 2.31. The molecule has 0 bridgehead atoms. The van der Waals surface area contributed by atoms with E-state index in [1.807, 2.05) is 0 Å². The highest BCUT2D eigenvalue weighted by atomic mass is 79.9. The van der Waals surface area contributed by atoms with Gasteiger partial charge in [-0.05, 0) is 45.8 Å². The van der Waals surface area contributed by atoms with Crippen molar-refractivity contribution >= 4 is 15.9 Å². The van der Waals surface area contributed by atoms with Gasteiger partial charge in [-0.3, -0.25) is 0 Å². The lowest BCUT2D eigenvalue weighted by Crippen LogP contribution is -1.90. The summed E-state index contributed by atoms with van der Waals surface area (Å²) < 4.78 is 19.5. The number of halogens is 2. The molecule has 0 saturated carbocycles. The van der Waals surface area contributed by atoms with Gasteiger partial charge in [-0.15, -0.1) is 0 Å². The Hall–Kier alpha value is -1.39. The second-order valence-electron chi connectivity index (χ2n) is 3.46. The number of benzene rings is 2. The standard InChI is InChI=1S/C13H10BrFO2/c14-10-7-9(8-16)5-6-12(10)17-13-4-2-1-3-11(13)15/h1-7,16H,8H2. The molecule has 17 heavy (non-hydrogen) atoms. The van der Waals surface area contributed by atoms with Crippen LogP contribution in [0, 0.1) is 5.82 Å². The average Bonchev–Trinajstić information content (AvgIpc) is 2.34. The zero-order valence-corrected chi connectivity index (χ0v) is 10.4. The molecule has 1 N–H and O–H groups in total. The van der Waals surface area contributed by atoms with Gasteiger partial charge in [-0.2, -0.15) is 0 Å². The van der Waals surface area contributed by atoms with Crippen LogP contribution in [0.2, 0.25) is 0 Å². The van der Waals surface area contributed by atoms with E-state index in [1.165, 1.54) is 6.07 Å². The molecule has 0 fully saturated rings.